The molecule has 1 fully saturated rings. The molecule has 1 aliphatic rings. The lowest BCUT2D eigenvalue weighted by atomic mass is 10.2. The molecule has 6 nitrogen and oxygen atoms in total. The van der Waals surface area contributed by atoms with E-state index in [2.05, 4.69) is 10.2 Å². The van der Waals surface area contributed by atoms with Crippen molar-refractivity contribution in [3.63, 3.8) is 0 Å². The third kappa shape index (κ3) is 6.35. The molecule has 7 heteroatoms. The number of carbonyl (C=O) groups excluding carboxylic acids is 1. The summed E-state index contributed by atoms with van der Waals surface area (Å²) in [4.78, 5) is 16.8. The fourth-order valence-electron chi connectivity index (χ4n) is 3.06. The molecule has 156 valence electrons. The van der Waals surface area contributed by atoms with Crippen molar-refractivity contribution in [2.75, 3.05) is 56.7 Å². The lowest BCUT2D eigenvalue weighted by molar-refractivity contribution is -0.120. The zero-order chi connectivity index (χ0) is 20.6. The van der Waals surface area contributed by atoms with Crippen molar-refractivity contribution in [1.29, 1.82) is 0 Å². The Kier molecular flexibility index (Phi) is 7.75. The van der Waals surface area contributed by atoms with Gasteiger partial charge < -0.3 is 19.7 Å². The molecule has 1 heterocycles. The van der Waals surface area contributed by atoms with Gasteiger partial charge in [-0.15, -0.1) is 0 Å². The minimum atomic E-state index is -0.275. The predicted octanol–water partition coefficient (Wildman–Crippen LogP) is 3.51. The molecular formula is C22H28ClN3O3. The normalized spacial score (nSPS) is 15.2. The molecule has 1 atom stereocenters. The Balaban J connectivity index is 1.44. The van der Waals surface area contributed by atoms with Crippen LogP contribution >= 0.6 is 11.6 Å². The van der Waals surface area contributed by atoms with Gasteiger partial charge in [0.1, 0.15) is 12.4 Å². The second-order valence-corrected chi connectivity index (χ2v) is 7.53. The first-order valence-corrected chi connectivity index (χ1v) is 10.2. The second kappa shape index (κ2) is 10.5. The molecule has 0 bridgehead atoms. The van der Waals surface area contributed by atoms with E-state index >= 15 is 0 Å². The Morgan fingerprint density at radius 3 is 2.48 bits per heavy atom. The van der Waals surface area contributed by atoms with Crippen LogP contribution in [0, 0.1) is 0 Å². The number of hydrogen-bond acceptors (Lipinski definition) is 5. The van der Waals surface area contributed by atoms with E-state index in [-0.39, 0.29) is 11.9 Å². The SMILES string of the molecule is CC(C(=O)Nc1ccc(N2CCOCC2)cc1)N(C)CCOc1ccc(Cl)cc1. The van der Waals surface area contributed by atoms with Gasteiger partial charge in [0.25, 0.3) is 0 Å². The van der Waals surface area contributed by atoms with Gasteiger partial charge in [0, 0.05) is 36.0 Å². The third-order valence-electron chi connectivity index (χ3n) is 5.08. The standard InChI is InChI=1S/C22H28ClN3O3/c1-17(25(2)11-16-29-21-9-3-18(23)4-10-21)22(27)24-19-5-7-20(8-6-19)26-12-14-28-15-13-26/h3-10,17H,11-16H2,1-2H3,(H,24,27). The molecule has 0 aromatic heterocycles. The molecule has 2 aromatic carbocycles. The van der Waals surface area contributed by atoms with Gasteiger partial charge in [-0.1, -0.05) is 11.6 Å². The number of amides is 1. The van der Waals surface area contributed by atoms with Crippen LogP contribution in [0.3, 0.4) is 0 Å². The van der Waals surface area contributed by atoms with Gasteiger partial charge in [-0.05, 0) is 62.5 Å². The summed E-state index contributed by atoms with van der Waals surface area (Å²) in [6.07, 6.45) is 0. The Labute approximate surface area is 177 Å². The topological polar surface area (TPSA) is 54.0 Å². The number of likely N-dealkylation sites (N-methyl/N-ethyl adjacent to an activating group) is 1. The van der Waals surface area contributed by atoms with E-state index in [9.17, 15) is 4.79 Å². The number of nitrogens with one attached hydrogen (secondary N) is 1. The van der Waals surface area contributed by atoms with E-state index in [0.717, 1.165) is 43.4 Å². The van der Waals surface area contributed by atoms with Gasteiger partial charge in [0.15, 0.2) is 0 Å². The Morgan fingerprint density at radius 2 is 1.83 bits per heavy atom. The molecule has 0 spiro atoms. The van der Waals surface area contributed by atoms with Crippen molar-refractivity contribution in [1.82, 2.24) is 4.90 Å². The molecule has 0 radical (unpaired) electrons. The van der Waals surface area contributed by atoms with Gasteiger partial charge in [-0.25, -0.2) is 0 Å². The minimum Gasteiger partial charge on any atom is -0.492 e. The molecule has 0 aliphatic carbocycles. The molecule has 29 heavy (non-hydrogen) atoms. The Bertz CT molecular complexity index is 777. The highest BCUT2D eigenvalue weighted by Crippen LogP contribution is 2.19. The third-order valence-corrected chi connectivity index (χ3v) is 5.33. The average molecular weight is 418 g/mol. The summed E-state index contributed by atoms with van der Waals surface area (Å²) in [6.45, 7) is 6.31. The van der Waals surface area contributed by atoms with Crippen molar-refractivity contribution in [3.8, 4) is 5.75 Å². The van der Waals surface area contributed by atoms with Gasteiger partial charge in [-0.2, -0.15) is 0 Å². The maximum atomic E-state index is 12.6. The average Bonchev–Trinajstić information content (AvgIpc) is 2.75. The van der Waals surface area contributed by atoms with Crippen LogP contribution in [-0.4, -0.2) is 63.4 Å². The summed E-state index contributed by atoms with van der Waals surface area (Å²) in [6, 6.07) is 14.9. The highest BCUT2D eigenvalue weighted by Gasteiger charge is 2.18. The number of carbonyl (C=O) groups is 1. The first kappa shape index (κ1) is 21.4. The van der Waals surface area contributed by atoms with E-state index < -0.39 is 0 Å². The van der Waals surface area contributed by atoms with Crippen molar-refractivity contribution >= 4 is 28.9 Å². The first-order valence-electron chi connectivity index (χ1n) is 9.85. The lowest BCUT2D eigenvalue weighted by Gasteiger charge is -2.29. The summed E-state index contributed by atoms with van der Waals surface area (Å²) >= 11 is 5.87. The Morgan fingerprint density at radius 1 is 1.17 bits per heavy atom. The van der Waals surface area contributed by atoms with Gasteiger partial charge >= 0.3 is 0 Å². The summed E-state index contributed by atoms with van der Waals surface area (Å²) < 4.78 is 11.1. The second-order valence-electron chi connectivity index (χ2n) is 7.09. The number of hydrogen-bond donors (Lipinski definition) is 1. The maximum absolute atomic E-state index is 12.6. The van der Waals surface area contributed by atoms with Crippen molar-refractivity contribution in [2.45, 2.75) is 13.0 Å². The number of morpholine rings is 1. The van der Waals surface area contributed by atoms with E-state index in [1.165, 1.54) is 0 Å². The molecule has 1 N–H and O–H groups in total. The summed E-state index contributed by atoms with van der Waals surface area (Å²) in [7, 11) is 1.91. The number of rotatable bonds is 8. The number of halogens is 1. The van der Waals surface area contributed by atoms with Gasteiger partial charge in [0.05, 0.1) is 19.3 Å². The molecular weight excluding hydrogens is 390 g/mol. The van der Waals surface area contributed by atoms with Crippen LogP contribution in [0.2, 0.25) is 5.02 Å². The monoisotopic (exact) mass is 417 g/mol. The maximum Gasteiger partial charge on any atom is 0.241 e. The van der Waals surface area contributed by atoms with Crippen LogP contribution in [0.25, 0.3) is 0 Å². The number of anilines is 2. The van der Waals surface area contributed by atoms with Crippen molar-refractivity contribution in [2.24, 2.45) is 0 Å². The van der Waals surface area contributed by atoms with Crippen molar-refractivity contribution < 1.29 is 14.3 Å². The minimum absolute atomic E-state index is 0.0434. The fraction of sp³-hybridized carbons (Fsp3) is 0.409. The van der Waals surface area contributed by atoms with E-state index in [0.29, 0.717) is 18.2 Å². The highest BCUT2D eigenvalue weighted by molar-refractivity contribution is 6.30. The smallest absolute Gasteiger partial charge is 0.241 e. The fourth-order valence-corrected chi connectivity index (χ4v) is 3.18. The quantitative estimate of drug-likeness (QED) is 0.712. The number of nitrogens with zero attached hydrogens (tertiary/aromatic N) is 2. The van der Waals surface area contributed by atoms with Crippen LogP contribution < -0.4 is 15.0 Å². The van der Waals surface area contributed by atoms with E-state index in [1.807, 2.05) is 55.3 Å². The summed E-state index contributed by atoms with van der Waals surface area (Å²) in [5.74, 6) is 0.721. The van der Waals surface area contributed by atoms with E-state index in [4.69, 9.17) is 21.1 Å². The molecule has 2 aromatic rings. The van der Waals surface area contributed by atoms with Crippen LogP contribution in [0.1, 0.15) is 6.92 Å². The van der Waals surface area contributed by atoms with Crippen LogP contribution in [0.5, 0.6) is 5.75 Å². The largest absolute Gasteiger partial charge is 0.492 e. The van der Waals surface area contributed by atoms with Gasteiger partial charge in [0.2, 0.25) is 5.91 Å². The predicted molar refractivity (Wildman–Crippen MR) is 117 cm³/mol. The van der Waals surface area contributed by atoms with Crippen LogP contribution in [0.4, 0.5) is 11.4 Å². The Hall–Kier alpha value is -2.28. The molecule has 1 aliphatic heterocycles. The zero-order valence-electron chi connectivity index (χ0n) is 16.9. The van der Waals surface area contributed by atoms with Crippen molar-refractivity contribution in [3.05, 3.63) is 53.6 Å². The molecule has 1 amide bonds. The molecule has 0 saturated carbocycles. The molecule has 1 saturated heterocycles. The van der Waals surface area contributed by atoms with Crippen LogP contribution in [0.15, 0.2) is 48.5 Å². The number of benzene rings is 2. The first-order chi connectivity index (χ1) is 14.0. The molecule has 1 unspecified atom stereocenters. The summed E-state index contributed by atoms with van der Waals surface area (Å²) in [5, 5.41) is 3.67. The lowest BCUT2D eigenvalue weighted by Crippen LogP contribution is -2.41. The summed E-state index contributed by atoms with van der Waals surface area (Å²) in [5.41, 5.74) is 1.94. The highest BCUT2D eigenvalue weighted by atomic mass is 35.5. The van der Waals surface area contributed by atoms with Gasteiger partial charge in [-0.3, -0.25) is 9.69 Å². The van der Waals surface area contributed by atoms with Crippen LogP contribution in [-0.2, 0) is 9.53 Å². The molecule has 3 rings (SSSR count). The number of ether oxygens (including phenoxy) is 2. The zero-order valence-corrected chi connectivity index (χ0v) is 17.7. The van der Waals surface area contributed by atoms with E-state index in [1.54, 1.807) is 12.1 Å².